The molecule has 0 spiro atoms. The maximum atomic E-state index is 12.9. The average Bonchev–Trinajstić information content (AvgIpc) is 2.84. The summed E-state index contributed by atoms with van der Waals surface area (Å²) in [6, 6.07) is 19.7. The van der Waals surface area contributed by atoms with Gasteiger partial charge in [-0.25, -0.2) is 0 Å². The number of piperidine rings is 1. The molecule has 1 N–H and O–H groups in total. The lowest BCUT2D eigenvalue weighted by atomic mass is 10.0. The number of carbonyl (C=O) groups is 2. The number of benzene rings is 2. The van der Waals surface area contributed by atoms with Crippen molar-refractivity contribution in [1.29, 1.82) is 5.26 Å². The fourth-order valence-electron chi connectivity index (χ4n) is 3.81. The predicted octanol–water partition coefficient (Wildman–Crippen LogP) is 4.31. The molecule has 2 aromatic carbocycles. The van der Waals surface area contributed by atoms with Gasteiger partial charge in [0, 0.05) is 36.5 Å². The lowest BCUT2D eigenvalue weighted by Gasteiger charge is -2.32. The van der Waals surface area contributed by atoms with Gasteiger partial charge in [-0.15, -0.1) is 0 Å². The Hall–Kier alpha value is -3.69. The van der Waals surface area contributed by atoms with Crippen LogP contribution in [-0.2, 0) is 0 Å². The number of hydrogen-bond donors (Lipinski definition) is 1. The molecule has 0 bridgehead atoms. The Kier molecular flexibility index (Phi) is 6.48. The normalized spacial score (nSPS) is 13.9. The van der Waals surface area contributed by atoms with E-state index in [0.29, 0.717) is 53.3 Å². The van der Waals surface area contributed by atoms with E-state index in [0.717, 1.165) is 5.56 Å². The monoisotopic (exact) mass is 444 g/mol. The van der Waals surface area contributed by atoms with Crippen LogP contribution in [0.4, 0.5) is 0 Å². The molecule has 0 radical (unpaired) electrons. The van der Waals surface area contributed by atoms with Gasteiger partial charge in [0.25, 0.3) is 11.8 Å². The van der Waals surface area contributed by atoms with Crippen LogP contribution in [0, 0.1) is 11.3 Å². The smallest absolute Gasteiger partial charge is 0.253 e. The zero-order chi connectivity index (χ0) is 22.5. The third-order valence-corrected chi connectivity index (χ3v) is 5.90. The van der Waals surface area contributed by atoms with E-state index in [1.54, 1.807) is 59.6 Å². The molecule has 0 unspecified atom stereocenters. The molecule has 0 aliphatic carbocycles. The Morgan fingerprint density at radius 1 is 1.03 bits per heavy atom. The molecule has 1 aliphatic heterocycles. The summed E-state index contributed by atoms with van der Waals surface area (Å²) < 4.78 is 0. The second kappa shape index (κ2) is 9.63. The van der Waals surface area contributed by atoms with Gasteiger partial charge in [0.1, 0.15) is 6.07 Å². The predicted molar refractivity (Wildman–Crippen MR) is 122 cm³/mol. The molecule has 160 valence electrons. The number of hydrogen-bond acceptors (Lipinski definition) is 4. The molecule has 4 rings (SSSR count). The van der Waals surface area contributed by atoms with Gasteiger partial charge in [0.05, 0.1) is 21.8 Å². The summed E-state index contributed by atoms with van der Waals surface area (Å²) in [5.74, 6) is -0.240. The summed E-state index contributed by atoms with van der Waals surface area (Å²) >= 11 is 6.10. The van der Waals surface area contributed by atoms with E-state index in [-0.39, 0.29) is 17.9 Å². The summed E-state index contributed by atoms with van der Waals surface area (Å²) in [5, 5.41) is 12.7. The first-order valence-corrected chi connectivity index (χ1v) is 10.7. The van der Waals surface area contributed by atoms with E-state index in [1.165, 1.54) is 0 Å². The van der Waals surface area contributed by atoms with Crippen molar-refractivity contribution < 1.29 is 9.59 Å². The summed E-state index contributed by atoms with van der Waals surface area (Å²) in [7, 11) is 0. The van der Waals surface area contributed by atoms with Crippen molar-refractivity contribution >= 4 is 23.4 Å². The van der Waals surface area contributed by atoms with Crippen molar-refractivity contribution in [3.8, 4) is 17.3 Å². The molecule has 32 heavy (non-hydrogen) atoms. The van der Waals surface area contributed by atoms with Gasteiger partial charge in [-0.2, -0.15) is 5.26 Å². The number of carbonyl (C=O) groups excluding carboxylic acids is 2. The SMILES string of the molecule is N#Cc1cccnc1-c1ccc(C(=O)N2CCC(NC(=O)c3ccccc3Cl)CC2)cc1. The minimum absolute atomic E-state index is 0.00115. The van der Waals surface area contributed by atoms with Crippen LogP contribution in [0.1, 0.15) is 39.1 Å². The van der Waals surface area contributed by atoms with Crippen molar-refractivity contribution in [3.63, 3.8) is 0 Å². The molecule has 0 saturated carbocycles. The van der Waals surface area contributed by atoms with E-state index in [9.17, 15) is 14.9 Å². The molecular weight excluding hydrogens is 424 g/mol. The zero-order valence-corrected chi connectivity index (χ0v) is 18.0. The molecular formula is C25H21ClN4O2. The summed E-state index contributed by atoms with van der Waals surface area (Å²) in [6.07, 6.45) is 3.00. The summed E-state index contributed by atoms with van der Waals surface area (Å²) in [4.78, 5) is 31.5. The van der Waals surface area contributed by atoms with Gasteiger partial charge in [0.2, 0.25) is 0 Å². The van der Waals surface area contributed by atoms with Gasteiger partial charge in [0.15, 0.2) is 0 Å². The fourth-order valence-corrected chi connectivity index (χ4v) is 4.04. The number of amides is 2. The van der Waals surface area contributed by atoms with Crippen LogP contribution in [0.5, 0.6) is 0 Å². The summed E-state index contributed by atoms with van der Waals surface area (Å²) in [5.41, 5.74) is 2.93. The van der Waals surface area contributed by atoms with Crippen molar-refractivity contribution in [3.05, 3.63) is 88.6 Å². The molecule has 2 heterocycles. The Morgan fingerprint density at radius 3 is 2.44 bits per heavy atom. The number of nitrogens with one attached hydrogen (secondary N) is 1. The molecule has 7 heteroatoms. The topological polar surface area (TPSA) is 86.1 Å². The maximum absolute atomic E-state index is 12.9. The largest absolute Gasteiger partial charge is 0.349 e. The first kappa shape index (κ1) is 21.5. The van der Waals surface area contributed by atoms with E-state index < -0.39 is 0 Å². The van der Waals surface area contributed by atoms with Crippen molar-refractivity contribution in [2.75, 3.05) is 13.1 Å². The third-order valence-electron chi connectivity index (χ3n) is 5.57. The lowest BCUT2D eigenvalue weighted by molar-refractivity contribution is 0.0698. The zero-order valence-electron chi connectivity index (χ0n) is 17.3. The van der Waals surface area contributed by atoms with Gasteiger partial charge >= 0.3 is 0 Å². The second-order valence-electron chi connectivity index (χ2n) is 7.61. The first-order valence-electron chi connectivity index (χ1n) is 10.4. The Labute approximate surface area is 191 Å². The van der Waals surface area contributed by atoms with Gasteiger partial charge in [-0.3, -0.25) is 14.6 Å². The molecule has 2 amide bonds. The van der Waals surface area contributed by atoms with Crippen molar-refractivity contribution in [2.45, 2.75) is 18.9 Å². The number of likely N-dealkylation sites (tertiary alicyclic amines) is 1. The van der Waals surface area contributed by atoms with E-state index in [1.807, 2.05) is 12.1 Å². The van der Waals surface area contributed by atoms with Crippen LogP contribution >= 0.6 is 11.6 Å². The van der Waals surface area contributed by atoms with Crippen LogP contribution in [0.25, 0.3) is 11.3 Å². The highest BCUT2D eigenvalue weighted by Crippen LogP contribution is 2.22. The van der Waals surface area contributed by atoms with Crippen LogP contribution in [-0.4, -0.2) is 40.8 Å². The van der Waals surface area contributed by atoms with Gasteiger partial charge in [-0.1, -0.05) is 35.9 Å². The van der Waals surface area contributed by atoms with Crippen LogP contribution < -0.4 is 5.32 Å². The number of aromatic nitrogens is 1. The van der Waals surface area contributed by atoms with Crippen LogP contribution in [0.2, 0.25) is 5.02 Å². The Morgan fingerprint density at radius 2 is 1.75 bits per heavy atom. The second-order valence-corrected chi connectivity index (χ2v) is 8.02. The van der Waals surface area contributed by atoms with Crippen LogP contribution in [0.15, 0.2) is 66.9 Å². The standard InChI is InChI=1S/C25H21ClN4O2/c26-22-6-2-1-5-21(22)24(31)29-20-11-14-30(15-12-20)25(32)18-9-7-17(8-10-18)23-19(16-27)4-3-13-28-23/h1-10,13,20H,11-12,14-15H2,(H,29,31). The number of pyridine rings is 1. The Balaban J connectivity index is 1.36. The fraction of sp³-hybridized carbons (Fsp3) is 0.200. The first-order chi connectivity index (χ1) is 15.6. The molecule has 1 aromatic heterocycles. The minimum atomic E-state index is -0.192. The molecule has 1 aliphatic rings. The van der Waals surface area contributed by atoms with Crippen molar-refractivity contribution in [1.82, 2.24) is 15.2 Å². The number of rotatable bonds is 4. The van der Waals surface area contributed by atoms with E-state index >= 15 is 0 Å². The minimum Gasteiger partial charge on any atom is -0.349 e. The number of nitriles is 1. The summed E-state index contributed by atoms with van der Waals surface area (Å²) in [6.45, 7) is 1.12. The van der Waals surface area contributed by atoms with Crippen LogP contribution in [0.3, 0.4) is 0 Å². The van der Waals surface area contributed by atoms with Crippen molar-refractivity contribution in [2.24, 2.45) is 0 Å². The lowest BCUT2D eigenvalue weighted by Crippen LogP contribution is -2.46. The third kappa shape index (κ3) is 4.63. The highest BCUT2D eigenvalue weighted by molar-refractivity contribution is 6.33. The molecule has 3 aromatic rings. The van der Waals surface area contributed by atoms with E-state index in [2.05, 4.69) is 16.4 Å². The number of halogens is 1. The molecule has 1 saturated heterocycles. The highest BCUT2D eigenvalue weighted by Gasteiger charge is 2.25. The molecule has 1 fully saturated rings. The maximum Gasteiger partial charge on any atom is 0.253 e. The molecule has 6 nitrogen and oxygen atoms in total. The average molecular weight is 445 g/mol. The highest BCUT2D eigenvalue weighted by atomic mass is 35.5. The quantitative estimate of drug-likeness (QED) is 0.649. The van der Waals surface area contributed by atoms with Gasteiger partial charge < -0.3 is 10.2 Å². The molecule has 0 atom stereocenters. The van der Waals surface area contributed by atoms with E-state index in [4.69, 9.17) is 11.6 Å². The Bertz CT molecular complexity index is 1180. The van der Waals surface area contributed by atoms with Gasteiger partial charge in [-0.05, 0) is 49.2 Å². The number of nitrogens with zero attached hydrogens (tertiary/aromatic N) is 3.